The van der Waals surface area contributed by atoms with Crippen molar-refractivity contribution in [3.8, 4) is 5.75 Å². The van der Waals surface area contributed by atoms with E-state index in [2.05, 4.69) is 15.6 Å². The normalized spacial score (nSPS) is 11.7. The van der Waals surface area contributed by atoms with Crippen molar-refractivity contribution >= 4 is 11.7 Å². The lowest BCUT2D eigenvalue weighted by molar-refractivity contribution is 0.249. The molecule has 6 nitrogen and oxygen atoms in total. The maximum absolute atomic E-state index is 13.0. The van der Waals surface area contributed by atoms with Crippen LogP contribution in [0.2, 0.25) is 0 Å². The Hall–Kier alpha value is -3.35. The second-order valence-corrected chi connectivity index (χ2v) is 5.71. The molecule has 1 aromatic heterocycles. The maximum atomic E-state index is 13.0. The van der Waals surface area contributed by atoms with Crippen LogP contribution < -0.4 is 15.4 Å². The second kappa shape index (κ2) is 7.69. The smallest absolute Gasteiger partial charge is 0.320 e. The van der Waals surface area contributed by atoms with Crippen molar-refractivity contribution in [2.45, 2.75) is 6.04 Å². The Kier molecular flexibility index (Phi) is 5.17. The van der Waals surface area contributed by atoms with Gasteiger partial charge in [-0.1, -0.05) is 12.1 Å². The van der Waals surface area contributed by atoms with Crippen molar-refractivity contribution < 1.29 is 13.9 Å². The van der Waals surface area contributed by atoms with Gasteiger partial charge in [0.05, 0.1) is 7.11 Å². The summed E-state index contributed by atoms with van der Waals surface area (Å²) in [5, 5.41) is 5.60. The number of carbonyl (C=O) groups excluding carboxylic acids is 1. The number of nitrogens with zero attached hydrogens (tertiary/aromatic N) is 2. The summed E-state index contributed by atoms with van der Waals surface area (Å²) in [4.78, 5) is 16.8. The average Bonchev–Trinajstić information content (AvgIpc) is 3.07. The van der Waals surface area contributed by atoms with Gasteiger partial charge in [0.2, 0.25) is 0 Å². The number of anilines is 1. The number of hydrogen-bond donors (Lipinski definition) is 2. The molecule has 0 aliphatic heterocycles. The molecule has 0 saturated carbocycles. The van der Waals surface area contributed by atoms with Gasteiger partial charge in [0.25, 0.3) is 0 Å². The van der Waals surface area contributed by atoms with Crippen molar-refractivity contribution in [2.24, 2.45) is 7.05 Å². The highest BCUT2D eigenvalue weighted by molar-refractivity contribution is 5.89. The van der Waals surface area contributed by atoms with Gasteiger partial charge < -0.3 is 19.9 Å². The Morgan fingerprint density at radius 1 is 1.23 bits per heavy atom. The number of rotatable bonds is 5. The number of benzene rings is 2. The van der Waals surface area contributed by atoms with Crippen molar-refractivity contribution in [1.82, 2.24) is 14.9 Å². The van der Waals surface area contributed by atoms with Gasteiger partial charge in [0.15, 0.2) is 0 Å². The molecule has 0 aliphatic rings. The minimum absolute atomic E-state index is 0.363. The van der Waals surface area contributed by atoms with Crippen molar-refractivity contribution in [2.75, 3.05) is 12.4 Å². The summed E-state index contributed by atoms with van der Waals surface area (Å²) >= 11 is 0. The fourth-order valence-electron chi connectivity index (χ4n) is 2.60. The van der Waals surface area contributed by atoms with Crippen molar-refractivity contribution in [1.29, 1.82) is 0 Å². The first kappa shape index (κ1) is 17.5. The number of carbonyl (C=O) groups is 1. The van der Waals surface area contributed by atoms with Gasteiger partial charge in [-0.2, -0.15) is 0 Å². The van der Waals surface area contributed by atoms with E-state index in [1.165, 1.54) is 24.3 Å². The van der Waals surface area contributed by atoms with Gasteiger partial charge in [-0.15, -0.1) is 0 Å². The summed E-state index contributed by atoms with van der Waals surface area (Å²) in [5.74, 6) is 0.994. The lowest BCUT2D eigenvalue weighted by atomic mass is 10.1. The third-order valence-electron chi connectivity index (χ3n) is 3.92. The molecular weight excluding hydrogens is 335 g/mol. The van der Waals surface area contributed by atoms with Crippen molar-refractivity contribution in [3.05, 3.63) is 78.1 Å². The Balaban J connectivity index is 1.85. The van der Waals surface area contributed by atoms with E-state index in [-0.39, 0.29) is 5.82 Å². The maximum Gasteiger partial charge on any atom is 0.320 e. The number of ether oxygens (including phenoxy) is 1. The number of methoxy groups -OCH3 is 1. The zero-order valence-electron chi connectivity index (χ0n) is 14.4. The van der Waals surface area contributed by atoms with Crippen LogP contribution in [0.25, 0.3) is 0 Å². The van der Waals surface area contributed by atoms with E-state index in [4.69, 9.17) is 4.74 Å². The number of aryl methyl sites for hydroxylation is 1. The number of aromatic nitrogens is 2. The molecule has 0 saturated heterocycles. The van der Waals surface area contributed by atoms with Crippen LogP contribution in [-0.4, -0.2) is 22.7 Å². The summed E-state index contributed by atoms with van der Waals surface area (Å²) in [6.45, 7) is 0. The molecule has 0 spiro atoms. The van der Waals surface area contributed by atoms with E-state index in [1.54, 1.807) is 13.3 Å². The highest BCUT2D eigenvalue weighted by Crippen LogP contribution is 2.24. The van der Waals surface area contributed by atoms with Gasteiger partial charge in [0, 0.05) is 25.1 Å². The molecule has 0 radical (unpaired) electrons. The SMILES string of the molecule is COc1cccc([C@@H](NC(=O)Nc2ccc(F)cc2)c2nccn2C)c1. The lowest BCUT2D eigenvalue weighted by Gasteiger charge is -2.20. The minimum Gasteiger partial charge on any atom is -0.497 e. The Morgan fingerprint density at radius 2 is 2.00 bits per heavy atom. The van der Waals surface area contributed by atoms with Gasteiger partial charge in [-0.05, 0) is 42.0 Å². The van der Waals surface area contributed by atoms with Gasteiger partial charge in [-0.3, -0.25) is 0 Å². The summed E-state index contributed by atoms with van der Waals surface area (Å²) < 4.78 is 20.1. The zero-order valence-corrected chi connectivity index (χ0v) is 14.4. The topological polar surface area (TPSA) is 68.2 Å². The van der Waals surface area contributed by atoms with E-state index in [0.717, 1.165) is 5.56 Å². The van der Waals surface area contributed by atoms with Crippen LogP contribution in [0.3, 0.4) is 0 Å². The molecule has 0 aliphatic carbocycles. The van der Waals surface area contributed by atoms with Crippen LogP contribution in [0.5, 0.6) is 5.75 Å². The first-order chi connectivity index (χ1) is 12.6. The van der Waals surface area contributed by atoms with Crippen LogP contribution in [0.1, 0.15) is 17.4 Å². The molecule has 2 N–H and O–H groups in total. The molecule has 26 heavy (non-hydrogen) atoms. The Morgan fingerprint density at radius 3 is 2.65 bits per heavy atom. The molecule has 2 amide bonds. The fourth-order valence-corrected chi connectivity index (χ4v) is 2.60. The Labute approximate surface area is 150 Å². The van der Waals surface area contributed by atoms with E-state index in [9.17, 15) is 9.18 Å². The van der Waals surface area contributed by atoms with Gasteiger partial charge >= 0.3 is 6.03 Å². The van der Waals surface area contributed by atoms with Crippen LogP contribution in [0.15, 0.2) is 60.9 Å². The molecule has 0 fully saturated rings. The summed E-state index contributed by atoms with van der Waals surface area (Å²) in [5.41, 5.74) is 1.32. The minimum atomic E-state index is -0.481. The predicted molar refractivity (Wildman–Crippen MR) is 96.6 cm³/mol. The number of amides is 2. The van der Waals surface area contributed by atoms with Gasteiger partial charge in [-0.25, -0.2) is 14.2 Å². The summed E-state index contributed by atoms with van der Waals surface area (Å²) in [6.07, 6.45) is 3.48. The first-order valence-corrected chi connectivity index (χ1v) is 8.01. The first-order valence-electron chi connectivity index (χ1n) is 8.01. The highest BCUT2D eigenvalue weighted by Gasteiger charge is 2.21. The van der Waals surface area contributed by atoms with E-state index in [1.807, 2.05) is 42.1 Å². The van der Waals surface area contributed by atoms with E-state index < -0.39 is 12.1 Å². The molecule has 134 valence electrons. The molecule has 0 unspecified atom stereocenters. The van der Waals surface area contributed by atoms with Crippen LogP contribution in [-0.2, 0) is 7.05 Å². The largest absolute Gasteiger partial charge is 0.497 e. The fraction of sp³-hybridized carbons (Fsp3) is 0.158. The molecule has 1 atom stereocenters. The zero-order chi connectivity index (χ0) is 18.5. The predicted octanol–water partition coefficient (Wildman–Crippen LogP) is 3.48. The number of urea groups is 1. The molecule has 0 bridgehead atoms. The number of nitrogens with one attached hydrogen (secondary N) is 2. The van der Waals surface area contributed by atoms with Crippen LogP contribution in [0.4, 0.5) is 14.9 Å². The highest BCUT2D eigenvalue weighted by atomic mass is 19.1. The number of imidazole rings is 1. The molecule has 3 aromatic rings. The molecule has 3 rings (SSSR count). The Bertz CT molecular complexity index is 893. The number of hydrogen-bond acceptors (Lipinski definition) is 3. The number of halogens is 1. The molecular formula is C19H19FN4O2. The third-order valence-corrected chi connectivity index (χ3v) is 3.92. The quantitative estimate of drug-likeness (QED) is 0.737. The summed E-state index contributed by atoms with van der Waals surface area (Å²) in [6, 6.07) is 12.1. The second-order valence-electron chi connectivity index (χ2n) is 5.71. The van der Waals surface area contributed by atoms with E-state index >= 15 is 0 Å². The summed E-state index contributed by atoms with van der Waals surface area (Å²) in [7, 11) is 3.44. The molecule has 1 heterocycles. The molecule has 7 heteroatoms. The monoisotopic (exact) mass is 354 g/mol. The lowest BCUT2D eigenvalue weighted by Crippen LogP contribution is -2.34. The average molecular weight is 354 g/mol. The van der Waals surface area contributed by atoms with Crippen LogP contribution in [0, 0.1) is 5.82 Å². The standard InChI is InChI=1S/C19H19FN4O2/c1-24-11-10-21-18(24)17(13-4-3-5-16(12-13)26-2)23-19(25)22-15-8-6-14(20)7-9-15/h3-12,17H,1-2H3,(H2,22,23,25)/t17-/m1/s1. The van der Waals surface area contributed by atoms with E-state index in [0.29, 0.717) is 17.3 Å². The van der Waals surface area contributed by atoms with Crippen LogP contribution >= 0.6 is 0 Å². The van der Waals surface area contributed by atoms with Crippen molar-refractivity contribution in [3.63, 3.8) is 0 Å². The van der Waals surface area contributed by atoms with Gasteiger partial charge in [0.1, 0.15) is 23.4 Å². The molecule has 2 aromatic carbocycles. The third kappa shape index (κ3) is 4.00.